The zero-order valence-corrected chi connectivity index (χ0v) is 22.6. The Hall–Kier alpha value is -1.90. The van der Waals surface area contributed by atoms with E-state index in [2.05, 4.69) is 43.1 Å². The summed E-state index contributed by atoms with van der Waals surface area (Å²) in [5.74, 6) is 2.80. The maximum absolute atomic E-state index is 6.26. The van der Waals surface area contributed by atoms with Crippen LogP contribution < -0.4 is 4.74 Å². The zero-order valence-electron chi connectivity index (χ0n) is 22.6. The van der Waals surface area contributed by atoms with Crippen LogP contribution >= 0.6 is 0 Å². The molecule has 35 heavy (non-hydrogen) atoms. The van der Waals surface area contributed by atoms with E-state index in [1.165, 1.54) is 102 Å². The first-order valence-corrected chi connectivity index (χ1v) is 14.8. The summed E-state index contributed by atoms with van der Waals surface area (Å²) in [7, 11) is 0. The van der Waals surface area contributed by atoms with Crippen molar-refractivity contribution in [2.45, 2.75) is 123 Å². The quantitative estimate of drug-likeness (QED) is 0.212. The normalized spacial score (nSPS) is 18.0. The molecular weight excluding hydrogens is 428 g/mol. The minimum Gasteiger partial charge on any atom is -0.493 e. The van der Waals surface area contributed by atoms with Crippen molar-refractivity contribution in [1.82, 2.24) is 9.97 Å². The molecule has 0 spiro atoms. The second-order valence-corrected chi connectivity index (χ2v) is 10.8. The van der Waals surface area contributed by atoms with Crippen molar-refractivity contribution in [3.63, 3.8) is 0 Å². The van der Waals surface area contributed by atoms with Gasteiger partial charge < -0.3 is 4.74 Å². The first-order chi connectivity index (χ1) is 17.3. The van der Waals surface area contributed by atoms with Gasteiger partial charge in [-0.1, -0.05) is 116 Å². The minimum atomic E-state index is 0.784. The Labute approximate surface area is 215 Å². The molecular formula is C32H50N2O. The third-order valence-electron chi connectivity index (χ3n) is 7.94. The number of aromatic nitrogens is 2. The van der Waals surface area contributed by atoms with Gasteiger partial charge in [0.05, 0.1) is 12.3 Å². The summed E-state index contributed by atoms with van der Waals surface area (Å²) in [6.45, 7) is 5.36. The zero-order chi connectivity index (χ0) is 24.6. The first kappa shape index (κ1) is 27.7. The summed E-state index contributed by atoms with van der Waals surface area (Å²) in [6.07, 6.45) is 26.4. The van der Waals surface area contributed by atoms with Crippen LogP contribution in [0.15, 0.2) is 36.8 Å². The highest BCUT2D eigenvalue weighted by molar-refractivity contribution is 5.69. The van der Waals surface area contributed by atoms with Gasteiger partial charge in [-0.25, -0.2) is 9.97 Å². The number of ether oxygens (including phenoxy) is 1. The third kappa shape index (κ3) is 9.94. The van der Waals surface area contributed by atoms with Gasteiger partial charge in [-0.05, 0) is 48.8 Å². The predicted octanol–water partition coefficient (Wildman–Crippen LogP) is 9.59. The largest absolute Gasteiger partial charge is 0.493 e. The van der Waals surface area contributed by atoms with Crippen LogP contribution in [0.4, 0.5) is 0 Å². The van der Waals surface area contributed by atoms with E-state index in [1.54, 1.807) is 6.33 Å². The van der Waals surface area contributed by atoms with Gasteiger partial charge in [0.15, 0.2) is 0 Å². The van der Waals surface area contributed by atoms with Crippen LogP contribution in [-0.2, 0) is 6.42 Å². The number of aryl methyl sites for hydroxylation is 1. The molecule has 0 N–H and O–H groups in total. The molecule has 0 unspecified atom stereocenters. The number of nitrogens with zero attached hydrogens (tertiary/aromatic N) is 2. The van der Waals surface area contributed by atoms with E-state index in [0.29, 0.717) is 0 Å². The minimum absolute atomic E-state index is 0.784. The van der Waals surface area contributed by atoms with Crippen molar-refractivity contribution in [3.8, 4) is 17.0 Å². The molecule has 0 radical (unpaired) electrons. The van der Waals surface area contributed by atoms with Gasteiger partial charge in [-0.3, -0.25) is 0 Å². The number of para-hydroxylation sites is 1. The van der Waals surface area contributed by atoms with E-state index >= 15 is 0 Å². The van der Waals surface area contributed by atoms with E-state index in [1.807, 2.05) is 6.20 Å². The van der Waals surface area contributed by atoms with Crippen molar-refractivity contribution in [2.24, 2.45) is 11.8 Å². The maximum atomic E-state index is 6.26. The lowest BCUT2D eigenvalue weighted by molar-refractivity contribution is 0.249. The van der Waals surface area contributed by atoms with Crippen LogP contribution in [0.3, 0.4) is 0 Å². The number of rotatable bonds is 17. The molecule has 1 aliphatic carbocycles. The number of benzene rings is 1. The Bertz CT molecular complexity index is 813. The Balaban J connectivity index is 1.49. The van der Waals surface area contributed by atoms with E-state index in [-0.39, 0.29) is 0 Å². The van der Waals surface area contributed by atoms with Crippen molar-refractivity contribution >= 4 is 0 Å². The second-order valence-electron chi connectivity index (χ2n) is 10.8. The molecule has 194 valence electrons. The first-order valence-electron chi connectivity index (χ1n) is 14.8. The van der Waals surface area contributed by atoms with Crippen LogP contribution in [0.5, 0.6) is 5.75 Å². The van der Waals surface area contributed by atoms with Crippen LogP contribution in [0.25, 0.3) is 11.3 Å². The molecule has 3 nitrogen and oxygen atoms in total. The maximum Gasteiger partial charge on any atom is 0.128 e. The molecule has 1 aliphatic rings. The average molecular weight is 479 g/mol. The monoisotopic (exact) mass is 478 g/mol. The van der Waals surface area contributed by atoms with Gasteiger partial charge in [0.1, 0.15) is 12.1 Å². The molecule has 3 rings (SSSR count). The third-order valence-corrected chi connectivity index (χ3v) is 7.94. The highest BCUT2D eigenvalue weighted by Crippen LogP contribution is 2.36. The Morgan fingerprint density at radius 2 is 1.43 bits per heavy atom. The fourth-order valence-electron chi connectivity index (χ4n) is 5.66. The van der Waals surface area contributed by atoms with Crippen LogP contribution in [0, 0.1) is 11.8 Å². The van der Waals surface area contributed by atoms with Crippen molar-refractivity contribution in [3.05, 3.63) is 42.4 Å². The molecule has 2 aromatic rings. The predicted molar refractivity (Wildman–Crippen MR) is 149 cm³/mol. The van der Waals surface area contributed by atoms with Gasteiger partial charge in [-0.2, -0.15) is 0 Å². The van der Waals surface area contributed by atoms with Crippen molar-refractivity contribution in [2.75, 3.05) is 6.61 Å². The summed E-state index contributed by atoms with van der Waals surface area (Å²) in [5, 5.41) is 0. The SMILES string of the molecule is CCCCCCCCCOc1ccccc1-c1ncncc1CCC1CCC(CCCCC)CC1. The highest BCUT2D eigenvalue weighted by Gasteiger charge is 2.21. The van der Waals surface area contributed by atoms with Gasteiger partial charge in [0.2, 0.25) is 0 Å². The lowest BCUT2D eigenvalue weighted by Crippen LogP contribution is -2.15. The summed E-state index contributed by atoms with van der Waals surface area (Å²) < 4.78 is 6.26. The molecule has 0 amide bonds. The van der Waals surface area contributed by atoms with Gasteiger partial charge in [0.25, 0.3) is 0 Å². The van der Waals surface area contributed by atoms with E-state index in [9.17, 15) is 0 Å². The lowest BCUT2D eigenvalue weighted by atomic mass is 9.77. The molecule has 0 bridgehead atoms. The van der Waals surface area contributed by atoms with Crippen LogP contribution in [0.1, 0.15) is 122 Å². The van der Waals surface area contributed by atoms with E-state index in [0.717, 1.165) is 48.3 Å². The summed E-state index contributed by atoms with van der Waals surface area (Å²) in [6, 6.07) is 8.43. The fourth-order valence-corrected chi connectivity index (χ4v) is 5.66. The van der Waals surface area contributed by atoms with Crippen molar-refractivity contribution in [1.29, 1.82) is 0 Å². The highest BCUT2D eigenvalue weighted by atomic mass is 16.5. The molecule has 0 aliphatic heterocycles. The Kier molecular flexibility index (Phi) is 13.2. The van der Waals surface area contributed by atoms with Crippen LogP contribution in [0.2, 0.25) is 0 Å². The van der Waals surface area contributed by atoms with Gasteiger partial charge in [0, 0.05) is 11.8 Å². The van der Waals surface area contributed by atoms with Crippen LogP contribution in [-0.4, -0.2) is 16.6 Å². The Morgan fingerprint density at radius 3 is 2.20 bits per heavy atom. The number of hydrogen-bond donors (Lipinski definition) is 0. The molecule has 1 saturated carbocycles. The molecule has 1 fully saturated rings. The fraction of sp³-hybridized carbons (Fsp3) is 0.688. The average Bonchev–Trinajstić information content (AvgIpc) is 2.90. The number of unbranched alkanes of at least 4 members (excludes halogenated alkanes) is 8. The molecule has 1 aromatic carbocycles. The summed E-state index contributed by atoms with van der Waals surface area (Å²) in [5.41, 5.74) is 3.44. The molecule has 1 heterocycles. The smallest absolute Gasteiger partial charge is 0.128 e. The second kappa shape index (κ2) is 16.7. The molecule has 1 aromatic heterocycles. The van der Waals surface area contributed by atoms with Gasteiger partial charge >= 0.3 is 0 Å². The van der Waals surface area contributed by atoms with E-state index < -0.39 is 0 Å². The molecule has 0 saturated heterocycles. The van der Waals surface area contributed by atoms with Crippen molar-refractivity contribution < 1.29 is 4.74 Å². The topological polar surface area (TPSA) is 35.0 Å². The van der Waals surface area contributed by atoms with E-state index in [4.69, 9.17) is 9.72 Å². The summed E-state index contributed by atoms with van der Waals surface area (Å²) >= 11 is 0. The molecule has 3 heteroatoms. The standard InChI is InChI=1S/C32H50N2O/c1-3-5-7-8-9-10-14-24-35-31-17-13-12-16-30(31)32-29(25-33-26-34-32)23-22-28-20-18-27(19-21-28)15-11-6-4-2/h12-13,16-17,25-28H,3-11,14-15,18-24H2,1-2H3. The lowest BCUT2D eigenvalue weighted by Gasteiger charge is -2.28. The van der Waals surface area contributed by atoms with Gasteiger partial charge in [-0.15, -0.1) is 0 Å². The molecule has 0 atom stereocenters. The Morgan fingerprint density at radius 1 is 0.771 bits per heavy atom. The summed E-state index contributed by atoms with van der Waals surface area (Å²) in [4.78, 5) is 9.11. The number of hydrogen-bond acceptors (Lipinski definition) is 3.